The fourth-order valence-electron chi connectivity index (χ4n) is 1.45. The minimum atomic E-state index is 0.0903. The van der Waals surface area contributed by atoms with Crippen LogP contribution in [0, 0.1) is 6.92 Å². The molecule has 0 aliphatic carbocycles. The smallest absolute Gasteiger partial charge is 0.220 e. The lowest BCUT2D eigenvalue weighted by Gasteiger charge is -2.09. The third kappa shape index (κ3) is 5.95. The molecule has 0 aliphatic rings. The SMILES string of the molecule is Cc1ccc(OCCCC(=O)NC(C)C)cc1. The van der Waals surface area contributed by atoms with E-state index in [0.29, 0.717) is 13.0 Å². The van der Waals surface area contributed by atoms with E-state index in [1.165, 1.54) is 5.56 Å². The largest absolute Gasteiger partial charge is 0.494 e. The summed E-state index contributed by atoms with van der Waals surface area (Å²) in [5.74, 6) is 0.951. The Bertz CT molecular complexity index is 344. The van der Waals surface area contributed by atoms with Gasteiger partial charge in [-0.25, -0.2) is 0 Å². The van der Waals surface area contributed by atoms with Crippen molar-refractivity contribution in [3.8, 4) is 5.75 Å². The van der Waals surface area contributed by atoms with Gasteiger partial charge in [-0.2, -0.15) is 0 Å². The number of carbonyl (C=O) groups excluding carboxylic acids is 1. The van der Waals surface area contributed by atoms with Crippen LogP contribution < -0.4 is 10.1 Å². The monoisotopic (exact) mass is 235 g/mol. The third-order valence-corrected chi connectivity index (χ3v) is 2.29. The Balaban J connectivity index is 2.16. The van der Waals surface area contributed by atoms with E-state index in [9.17, 15) is 4.79 Å². The maximum absolute atomic E-state index is 11.3. The lowest BCUT2D eigenvalue weighted by molar-refractivity contribution is -0.121. The van der Waals surface area contributed by atoms with Crippen molar-refractivity contribution in [2.75, 3.05) is 6.61 Å². The number of aryl methyl sites for hydroxylation is 1. The molecule has 0 saturated carbocycles. The maximum atomic E-state index is 11.3. The maximum Gasteiger partial charge on any atom is 0.220 e. The predicted molar refractivity (Wildman–Crippen MR) is 69.2 cm³/mol. The van der Waals surface area contributed by atoms with Crippen molar-refractivity contribution >= 4 is 5.91 Å². The van der Waals surface area contributed by atoms with E-state index in [2.05, 4.69) is 5.32 Å². The van der Waals surface area contributed by atoms with Crippen LogP contribution in [0.15, 0.2) is 24.3 Å². The summed E-state index contributed by atoms with van der Waals surface area (Å²) in [6, 6.07) is 8.13. The van der Waals surface area contributed by atoms with Gasteiger partial charge in [0.15, 0.2) is 0 Å². The lowest BCUT2D eigenvalue weighted by atomic mass is 10.2. The van der Waals surface area contributed by atoms with Crippen molar-refractivity contribution in [3.63, 3.8) is 0 Å². The summed E-state index contributed by atoms with van der Waals surface area (Å²) in [6.45, 7) is 6.54. The van der Waals surface area contributed by atoms with Crippen LogP contribution in [0.1, 0.15) is 32.3 Å². The minimum absolute atomic E-state index is 0.0903. The van der Waals surface area contributed by atoms with E-state index >= 15 is 0 Å². The van der Waals surface area contributed by atoms with Crippen LogP contribution in [0.5, 0.6) is 5.75 Å². The molecule has 0 unspecified atom stereocenters. The molecule has 0 aliphatic heterocycles. The molecule has 3 nitrogen and oxygen atoms in total. The van der Waals surface area contributed by atoms with Crippen LogP contribution in [-0.4, -0.2) is 18.6 Å². The Kier molecular flexibility index (Phi) is 5.53. The quantitative estimate of drug-likeness (QED) is 0.770. The van der Waals surface area contributed by atoms with Crippen LogP contribution >= 0.6 is 0 Å². The van der Waals surface area contributed by atoms with Gasteiger partial charge in [-0.3, -0.25) is 4.79 Å². The van der Waals surface area contributed by atoms with E-state index in [1.807, 2.05) is 45.0 Å². The molecule has 1 aromatic carbocycles. The molecule has 1 rings (SSSR count). The average Bonchev–Trinajstić information content (AvgIpc) is 2.26. The first-order valence-electron chi connectivity index (χ1n) is 6.07. The lowest BCUT2D eigenvalue weighted by Crippen LogP contribution is -2.30. The van der Waals surface area contributed by atoms with Gasteiger partial charge in [0.05, 0.1) is 6.61 Å². The zero-order valence-electron chi connectivity index (χ0n) is 10.8. The summed E-state index contributed by atoms with van der Waals surface area (Å²) >= 11 is 0. The molecule has 17 heavy (non-hydrogen) atoms. The standard InChI is InChI=1S/C14H21NO2/c1-11(2)15-14(16)5-4-10-17-13-8-6-12(3)7-9-13/h6-9,11H,4-5,10H2,1-3H3,(H,15,16). The molecule has 0 saturated heterocycles. The molecule has 0 radical (unpaired) electrons. The van der Waals surface area contributed by atoms with Crippen LogP contribution in [-0.2, 0) is 4.79 Å². The van der Waals surface area contributed by atoms with Crippen molar-refractivity contribution in [1.29, 1.82) is 0 Å². The number of amides is 1. The molecule has 1 N–H and O–H groups in total. The summed E-state index contributed by atoms with van der Waals surface area (Å²) < 4.78 is 5.54. The Morgan fingerprint density at radius 2 is 1.94 bits per heavy atom. The second-order valence-electron chi connectivity index (χ2n) is 4.49. The zero-order valence-corrected chi connectivity index (χ0v) is 10.8. The fraction of sp³-hybridized carbons (Fsp3) is 0.500. The fourth-order valence-corrected chi connectivity index (χ4v) is 1.45. The van der Waals surface area contributed by atoms with E-state index in [-0.39, 0.29) is 11.9 Å². The minimum Gasteiger partial charge on any atom is -0.494 e. The highest BCUT2D eigenvalue weighted by molar-refractivity contribution is 5.76. The first-order valence-corrected chi connectivity index (χ1v) is 6.07. The summed E-state index contributed by atoms with van der Waals surface area (Å²) in [7, 11) is 0. The van der Waals surface area contributed by atoms with E-state index in [4.69, 9.17) is 4.74 Å². The van der Waals surface area contributed by atoms with Crippen LogP contribution in [0.4, 0.5) is 0 Å². The average molecular weight is 235 g/mol. The molecule has 0 heterocycles. The first-order chi connectivity index (χ1) is 8.08. The van der Waals surface area contributed by atoms with E-state index in [1.54, 1.807) is 0 Å². The van der Waals surface area contributed by atoms with Crippen molar-refractivity contribution in [2.45, 2.75) is 39.7 Å². The van der Waals surface area contributed by atoms with Gasteiger partial charge in [-0.05, 0) is 39.3 Å². The molecular formula is C14H21NO2. The third-order valence-electron chi connectivity index (χ3n) is 2.29. The number of hydrogen-bond acceptors (Lipinski definition) is 2. The van der Waals surface area contributed by atoms with Gasteiger partial charge in [-0.15, -0.1) is 0 Å². The van der Waals surface area contributed by atoms with Gasteiger partial charge < -0.3 is 10.1 Å². The number of rotatable bonds is 6. The highest BCUT2D eigenvalue weighted by Gasteiger charge is 2.02. The van der Waals surface area contributed by atoms with E-state index in [0.717, 1.165) is 12.2 Å². The number of nitrogens with one attached hydrogen (secondary N) is 1. The summed E-state index contributed by atoms with van der Waals surface area (Å²) in [5, 5.41) is 2.85. The second-order valence-corrected chi connectivity index (χ2v) is 4.49. The highest BCUT2D eigenvalue weighted by atomic mass is 16.5. The van der Waals surface area contributed by atoms with Crippen LogP contribution in [0.2, 0.25) is 0 Å². The Hall–Kier alpha value is -1.51. The van der Waals surface area contributed by atoms with Crippen molar-refractivity contribution < 1.29 is 9.53 Å². The molecule has 1 amide bonds. The summed E-state index contributed by atoms with van der Waals surface area (Å²) in [5.41, 5.74) is 1.22. The summed E-state index contributed by atoms with van der Waals surface area (Å²) in [4.78, 5) is 11.3. The van der Waals surface area contributed by atoms with Gasteiger partial charge in [-0.1, -0.05) is 17.7 Å². The number of carbonyl (C=O) groups is 1. The molecule has 0 bridgehead atoms. The highest BCUT2D eigenvalue weighted by Crippen LogP contribution is 2.11. The Morgan fingerprint density at radius 1 is 1.29 bits per heavy atom. The molecule has 0 atom stereocenters. The second kappa shape index (κ2) is 6.94. The molecule has 0 fully saturated rings. The topological polar surface area (TPSA) is 38.3 Å². The van der Waals surface area contributed by atoms with E-state index < -0.39 is 0 Å². The molecule has 0 spiro atoms. The predicted octanol–water partition coefficient (Wildman–Crippen LogP) is 2.68. The van der Waals surface area contributed by atoms with Gasteiger partial charge in [0.25, 0.3) is 0 Å². The number of hydrogen-bond donors (Lipinski definition) is 1. The molecule has 3 heteroatoms. The number of ether oxygens (including phenoxy) is 1. The van der Waals surface area contributed by atoms with Crippen molar-refractivity contribution in [1.82, 2.24) is 5.32 Å². The molecule has 0 aromatic heterocycles. The van der Waals surface area contributed by atoms with Crippen LogP contribution in [0.3, 0.4) is 0 Å². The zero-order chi connectivity index (χ0) is 12.7. The van der Waals surface area contributed by atoms with Gasteiger partial charge in [0.2, 0.25) is 5.91 Å². The van der Waals surface area contributed by atoms with Crippen LogP contribution in [0.25, 0.3) is 0 Å². The van der Waals surface area contributed by atoms with Gasteiger partial charge >= 0.3 is 0 Å². The first kappa shape index (κ1) is 13.6. The molecular weight excluding hydrogens is 214 g/mol. The Labute approximate surface area is 103 Å². The Morgan fingerprint density at radius 3 is 2.53 bits per heavy atom. The molecule has 94 valence electrons. The number of benzene rings is 1. The van der Waals surface area contributed by atoms with Crippen molar-refractivity contribution in [2.24, 2.45) is 0 Å². The normalized spacial score (nSPS) is 10.4. The summed E-state index contributed by atoms with van der Waals surface area (Å²) in [6.07, 6.45) is 1.26. The van der Waals surface area contributed by atoms with Crippen molar-refractivity contribution in [3.05, 3.63) is 29.8 Å². The van der Waals surface area contributed by atoms with Gasteiger partial charge in [0.1, 0.15) is 5.75 Å². The van der Waals surface area contributed by atoms with Gasteiger partial charge in [0, 0.05) is 12.5 Å². The molecule has 1 aromatic rings.